The second kappa shape index (κ2) is 8.06. The molecular weight excluding hydrogens is 419 g/mol. The lowest BCUT2D eigenvalue weighted by molar-refractivity contribution is 0.00324. The zero-order chi connectivity index (χ0) is 20.7. The summed E-state index contributed by atoms with van der Waals surface area (Å²) < 4.78 is 7.26. The summed E-state index contributed by atoms with van der Waals surface area (Å²) in [6, 6.07) is 16.2. The van der Waals surface area contributed by atoms with Crippen molar-refractivity contribution in [1.29, 1.82) is 0 Å². The molecule has 1 aromatic heterocycles. The lowest BCUT2D eigenvalue weighted by Gasteiger charge is -2.28. The van der Waals surface area contributed by atoms with Crippen molar-refractivity contribution in [2.45, 2.75) is 31.8 Å². The van der Waals surface area contributed by atoms with Crippen LogP contribution in [0.1, 0.15) is 24.1 Å². The molecule has 1 aliphatic carbocycles. The minimum absolute atomic E-state index is 0.270. The highest BCUT2D eigenvalue weighted by molar-refractivity contribution is 6.32. The topological polar surface area (TPSA) is 51.4 Å². The normalized spacial score (nSPS) is 17.1. The van der Waals surface area contributed by atoms with E-state index in [1.54, 1.807) is 0 Å². The van der Waals surface area contributed by atoms with E-state index < -0.39 is 0 Å². The van der Waals surface area contributed by atoms with Crippen LogP contribution in [-0.4, -0.2) is 40.9 Å². The van der Waals surface area contributed by atoms with Gasteiger partial charge in [-0.3, -0.25) is 4.99 Å². The number of aliphatic imine (C=N–C) groups is 1. The number of ether oxygens (including phenoxy) is 1. The van der Waals surface area contributed by atoms with Crippen LogP contribution in [-0.2, 0) is 4.74 Å². The largest absolute Gasteiger partial charge is 0.377 e. The fraction of sp³-hybridized carbons (Fsp3) is 0.304. The van der Waals surface area contributed by atoms with E-state index in [0.29, 0.717) is 29.3 Å². The summed E-state index contributed by atoms with van der Waals surface area (Å²) in [5, 5.41) is 9.88. The van der Waals surface area contributed by atoms with Gasteiger partial charge in [-0.25, -0.2) is 4.68 Å². The average molecular weight is 441 g/mol. The smallest absolute Gasteiger partial charge is 0.150 e. The summed E-state index contributed by atoms with van der Waals surface area (Å²) in [5.41, 5.74) is 4.72. The SMILES string of the molecule is Cc1c(C(=NC2CC2)NC2COC2)nn(-c2ccccc2Cl)c1-c1ccc(Cl)cc1. The van der Waals surface area contributed by atoms with Gasteiger partial charge in [-0.05, 0) is 44.0 Å². The van der Waals surface area contributed by atoms with Gasteiger partial charge >= 0.3 is 0 Å². The molecule has 0 spiro atoms. The van der Waals surface area contributed by atoms with Crippen LogP contribution in [0.25, 0.3) is 16.9 Å². The molecule has 0 radical (unpaired) electrons. The van der Waals surface area contributed by atoms with Gasteiger partial charge in [-0.15, -0.1) is 0 Å². The Morgan fingerprint density at radius 1 is 1.10 bits per heavy atom. The quantitative estimate of drug-likeness (QED) is 0.445. The molecule has 0 atom stereocenters. The minimum Gasteiger partial charge on any atom is -0.377 e. The highest BCUT2D eigenvalue weighted by Crippen LogP contribution is 2.33. The van der Waals surface area contributed by atoms with E-state index in [9.17, 15) is 0 Å². The third-order valence-corrected chi connectivity index (χ3v) is 5.95. The van der Waals surface area contributed by atoms with Gasteiger partial charge < -0.3 is 10.1 Å². The zero-order valence-electron chi connectivity index (χ0n) is 16.6. The predicted octanol–water partition coefficient (Wildman–Crippen LogP) is 5.05. The van der Waals surface area contributed by atoms with Crippen LogP contribution in [0.15, 0.2) is 53.5 Å². The number of aromatic nitrogens is 2. The lowest BCUT2D eigenvalue weighted by Crippen LogP contribution is -2.49. The molecule has 1 saturated carbocycles. The summed E-state index contributed by atoms with van der Waals surface area (Å²) in [5.74, 6) is 0.837. The third-order valence-electron chi connectivity index (χ3n) is 5.38. The molecule has 2 aromatic carbocycles. The fourth-order valence-corrected chi connectivity index (χ4v) is 3.87. The first-order valence-corrected chi connectivity index (χ1v) is 10.9. The maximum Gasteiger partial charge on any atom is 0.150 e. The van der Waals surface area contributed by atoms with E-state index in [0.717, 1.165) is 46.9 Å². The number of amidine groups is 1. The van der Waals surface area contributed by atoms with Crippen molar-refractivity contribution in [1.82, 2.24) is 15.1 Å². The van der Waals surface area contributed by atoms with Crippen LogP contribution >= 0.6 is 23.2 Å². The van der Waals surface area contributed by atoms with Gasteiger partial charge in [0.15, 0.2) is 0 Å². The molecular formula is C23H22Cl2N4O. The zero-order valence-corrected chi connectivity index (χ0v) is 18.1. The van der Waals surface area contributed by atoms with Crippen molar-refractivity contribution in [3.63, 3.8) is 0 Å². The number of rotatable bonds is 5. The maximum atomic E-state index is 6.55. The molecule has 2 heterocycles. The van der Waals surface area contributed by atoms with E-state index in [2.05, 4.69) is 12.2 Å². The van der Waals surface area contributed by atoms with E-state index in [4.69, 9.17) is 38.0 Å². The Morgan fingerprint density at radius 2 is 1.83 bits per heavy atom. The highest BCUT2D eigenvalue weighted by atomic mass is 35.5. The van der Waals surface area contributed by atoms with Crippen LogP contribution in [0.3, 0.4) is 0 Å². The first kappa shape index (κ1) is 19.6. The lowest BCUT2D eigenvalue weighted by atomic mass is 10.1. The number of hydrogen-bond acceptors (Lipinski definition) is 3. The Kier molecular flexibility index (Phi) is 5.27. The van der Waals surface area contributed by atoms with Crippen molar-refractivity contribution < 1.29 is 4.74 Å². The van der Waals surface area contributed by atoms with Crippen molar-refractivity contribution in [2.24, 2.45) is 4.99 Å². The van der Waals surface area contributed by atoms with Crippen molar-refractivity contribution in [2.75, 3.05) is 13.2 Å². The number of hydrogen-bond donors (Lipinski definition) is 1. The second-order valence-electron chi connectivity index (χ2n) is 7.78. The summed E-state index contributed by atoms with van der Waals surface area (Å²) in [7, 11) is 0. The molecule has 30 heavy (non-hydrogen) atoms. The Bertz CT molecular complexity index is 1100. The molecule has 7 heteroatoms. The molecule has 2 fully saturated rings. The molecule has 1 saturated heterocycles. The van der Waals surface area contributed by atoms with Gasteiger partial charge in [0.25, 0.3) is 0 Å². The molecule has 1 N–H and O–H groups in total. The molecule has 0 unspecified atom stereocenters. The molecule has 0 amide bonds. The Labute approximate surface area is 185 Å². The van der Waals surface area contributed by atoms with E-state index in [-0.39, 0.29) is 6.04 Å². The molecule has 0 bridgehead atoms. The number of halogens is 2. The number of para-hydroxylation sites is 1. The highest BCUT2D eigenvalue weighted by Gasteiger charge is 2.28. The summed E-state index contributed by atoms with van der Waals surface area (Å²) >= 11 is 12.7. The van der Waals surface area contributed by atoms with Crippen molar-refractivity contribution >= 4 is 29.0 Å². The average Bonchev–Trinajstić information content (AvgIpc) is 3.46. The van der Waals surface area contributed by atoms with Crippen molar-refractivity contribution in [3.8, 4) is 16.9 Å². The first-order chi connectivity index (χ1) is 14.6. The fourth-order valence-electron chi connectivity index (χ4n) is 3.53. The van der Waals surface area contributed by atoms with Gasteiger partial charge in [-0.2, -0.15) is 5.10 Å². The van der Waals surface area contributed by atoms with Crippen LogP contribution in [0, 0.1) is 6.92 Å². The first-order valence-electron chi connectivity index (χ1n) is 10.1. The molecule has 1 aliphatic heterocycles. The Balaban J connectivity index is 1.67. The van der Waals surface area contributed by atoms with E-state index in [1.165, 1.54) is 0 Å². The summed E-state index contributed by atoms with van der Waals surface area (Å²) in [4.78, 5) is 4.94. The predicted molar refractivity (Wildman–Crippen MR) is 121 cm³/mol. The van der Waals surface area contributed by atoms with Crippen LogP contribution in [0.5, 0.6) is 0 Å². The van der Waals surface area contributed by atoms with Gasteiger partial charge in [-0.1, -0.05) is 47.5 Å². The minimum atomic E-state index is 0.270. The molecule has 5 rings (SSSR count). The number of nitrogens with one attached hydrogen (secondary N) is 1. The van der Waals surface area contributed by atoms with Gasteiger partial charge in [0, 0.05) is 16.1 Å². The maximum absolute atomic E-state index is 6.55. The van der Waals surface area contributed by atoms with E-state index >= 15 is 0 Å². The third kappa shape index (κ3) is 3.85. The summed E-state index contributed by atoms with van der Waals surface area (Å²) in [6.45, 7) is 3.47. The molecule has 2 aliphatic rings. The molecule has 3 aromatic rings. The Hall–Kier alpha value is -2.34. The monoisotopic (exact) mass is 440 g/mol. The molecule has 154 valence electrons. The van der Waals surface area contributed by atoms with Gasteiger partial charge in [0.2, 0.25) is 0 Å². The number of nitrogens with zero attached hydrogens (tertiary/aromatic N) is 3. The number of benzene rings is 2. The standard InChI is InChI=1S/C23H22Cl2N4O/c1-14-21(23(26-17-10-11-17)27-18-12-30-13-18)28-29(20-5-3-2-4-19(20)25)22(14)15-6-8-16(24)9-7-15/h2-9,17-18H,10-13H2,1H3,(H,26,27). The van der Waals surface area contributed by atoms with Gasteiger partial charge in [0.1, 0.15) is 11.5 Å². The van der Waals surface area contributed by atoms with E-state index in [1.807, 2.05) is 53.2 Å². The van der Waals surface area contributed by atoms with Crippen LogP contribution in [0.4, 0.5) is 0 Å². The van der Waals surface area contributed by atoms with Crippen LogP contribution < -0.4 is 5.32 Å². The Morgan fingerprint density at radius 3 is 2.47 bits per heavy atom. The van der Waals surface area contributed by atoms with Crippen LogP contribution in [0.2, 0.25) is 10.0 Å². The van der Waals surface area contributed by atoms with Crippen molar-refractivity contribution in [3.05, 3.63) is 69.8 Å². The second-order valence-corrected chi connectivity index (χ2v) is 8.62. The summed E-state index contributed by atoms with van der Waals surface area (Å²) in [6.07, 6.45) is 2.25. The van der Waals surface area contributed by atoms with Gasteiger partial charge in [0.05, 0.1) is 41.7 Å². The molecule has 5 nitrogen and oxygen atoms in total.